The molecule has 170 valence electrons. The van der Waals surface area contributed by atoms with Crippen molar-refractivity contribution in [3.63, 3.8) is 0 Å². The molecule has 1 atom stereocenters. The van der Waals surface area contributed by atoms with Gasteiger partial charge in [0.15, 0.2) is 0 Å². The number of aromatic nitrogens is 1. The van der Waals surface area contributed by atoms with E-state index >= 15 is 0 Å². The fourth-order valence-corrected chi connectivity index (χ4v) is 5.37. The summed E-state index contributed by atoms with van der Waals surface area (Å²) in [6.45, 7) is 0.151. The number of amides is 1. The van der Waals surface area contributed by atoms with Crippen LogP contribution in [-0.4, -0.2) is 53.5 Å². The minimum atomic E-state index is -3.65. The van der Waals surface area contributed by atoms with Crippen LogP contribution >= 0.6 is 11.3 Å². The number of pyridine rings is 1. The molecule has 1 amide bonds. The van der Waals surface area contributed by atoms with Crippen LogP contribution in [0.4, 0.5) is 0 Å². The largest absolute Gasteiger partial charge is 0.507 e. The van der Waals surface area contributed by atoms with E-state index in [1.807, 2.05) is 17.5 Å². The van der Waals surface area contributed by atoms with Crippen LogP contribution in [0, 0.1) is 0 Å². The minimum absolute atomic E-state index is 0.0328. The van der Waals surface area contributed by atoms with Gasteiger partial charge in [-0.05, 0) is 47.3 Å². The lowest BCUT2D eigenvalue weighted by molar-refractivity contribution is -0.140. The third kappa shape index (κ3) is 4.20. The molecule has 1 saturated heterocycles. The Balaban J connectivity index is 1.79. The molecule has 0 saturated carbocycles. The second kappa shape index (κ2) is 8.89. The van der Waals surface area contributed by atoms with Crippen LogP contribution in [0.2, 0.25) is 0 Å². The molecule has 8 nitrogen and oxygen atoms in total. The van der Waals surface area contributed by atoms with E-state index in [0.29, 0.717) is 0 Å². The molecule has 1 aromatic carbocycles. The third-order valence-corrected chi connectivity index (χ3v) is 8.09. The molecular weight excluding hydrogens is 462 g/mol. The van der Waals surface area contributed by atoms with Crippen LogP contribution in [0.1, 0.15) is 22.0 Å². The Hall–Kier alpha value is -3.34. The van der Waals surface area contributed by atoms with Crippen LogP contribution in [0.3, 0.4) is 0 Å². The molecule has 2 aromatic heterocycles. The maximum atomic E-state index is 13.0. The van der Waals surface area contributed by atoms with Gasteiger partial charge in [0.25, 0.3) is 11.7 Å². The number of nitrogens with zero attached hydrogens (tertiary/aromatic N) is 3. The highest BCUT2D eigenvalue weighted by Crippen LogP contribution is 2.41. The van der Waals surface area contributed by atoms with E-state index in [9.17, 15) is 23.1 Å². The van der Waals surface area contributed by atoms with Gasteiger partial charge in [-0.25, -0.2) is 12.7 Å². The van der Waals surface area contributed by atoms with Crippen molar-refractivity contribution in [2.75, 3.05) is 14.1 Å². The van der Waals surface area contributed by atoms with E-state index < -0.39 is 27.8 Å². The number of aliphatic hydroxyl groups excluding tert-OH is 1. The molecule has 33 heavy (non-hydrogen) atoms. The molecule has 10 heteroatoms. The summed E-state index contributed by atoms with van der Waals surface area (Å²) < 4.78 is 25.7. The van der Waals surface area contributed by atoms with Crippen molar-refractivity contribution >= 4 is 38.8 Å². The number of carbonyl (C=O) groups is 2. The van der Waals surface area contributed by atoms with Crippen LogP contribution in [-0.2, 0) is 26.2 Å². The lowest BCUT2D eigenvalue weighted by Crippen LogP contribution is -2.28. The SMILES string of the molecule is CN(C)S(=O)(=O)c1ccc(C(O)=C2C(=O)C(=O)N(Cc3cccnc3)[C@H]2c2cccs2)cc1. The Morgan fingerprint density at radius 3 is 2.42 bits per heavy atom. The van der Waals surface area contributed by atoms with Crippen molar-refractivity contribution in [3.05, 3.63) is 87.9 Å². The number of rotatable bonds is 6. The average Bonchev–Trinajstić information content (AvgIpc) is 3.42. The predicted molar refractivity (Wildman–Crippen MR) is 124 cm³/mol. The predicted octanol–water partition coefficient (Wildman–Crippen LogP) is 3.02. The second-order valence-corrected chi connectivity index (χ2v) is 10.7. The van der Waals surface area contributed by atoms with E-state index in [2.05, 4.69) is 4.98 Å². The zero-order chi connectivity index (χ0) is 23.8. The quantitative estimate of drug-likeness (QED) is 0.328. The molecule has 1 aliphatic rings. The number of hydrogen-bond acceptors (Lipinski definition) is 7. The number of Topliss-reactive ketones (excluding diaryl/α,β-unsaturated/α-hetero) is 1. The highest BCUT2D eigenvalue weighted by atomic mass is 32.2. The number of aliphatic hydroxyl groups is 1. The Bertz CT molecular complexity index is 1320. The number of thiophene rings is 1. The first kappa shape index (κ1) is 22.8. The van der Waals surface area contributed by atoms with E-state index in [1.165, 1.54) is 54.6 Å². The van der Waals surface area contributed by atoms with Gasteiger partial charge in [0.05, 0.1) is 16.5 Å². The van der Waals surface area contributed by atoms with Gasteiger partial charge >= 0.3 is 0 Å². The summed E-state index contributed by atoms with van der Waals surface area (Å²) in [6.07, 6.45) is 3.24. The molecular formula is C23H21N3O5S2. The Morgan fingerprint density at radius 2 is 1.85 bits per heavy atom. The van der Waals surface area contributed by atoms with Gasteiger partial charge in [0.2, 0.25) is 10.0 Å². The molecule has 1 fully saturated rings. The maximum absolute atomic E-state index is 13.0. The average molecular weight is 484 g/mol. The third-order valence-electron chi connectivity index (χ3n) is 5.33. The number of likely N-dealkylation sites (tertiary alicyclic amines) is 1. The van der Waals surface area contributed by atoms with Crippen molar-refractivity contribution in [1.29, 1.82) is 0 Å². The van der Waals surface area contributed by atoms with Gasteiger partial charge in [-0.3, -0.25) is 14.6 Å². The summed E-state index contributed by atoms with van der Waals surface area (Å²) >= 11 is 1.37. The number of benzene rings is 1. The fourth-order valence-electron chi connectivity index (χ4n) is 3.63. The summed E-state index contributed by atoms with van der Waals surface area (Å²) in [5.41, 5.74) is 0.961. The first-order chi connectivity index (χ1) is 15.7. The molecule has 0 spiro atoms. The zero-order valence-electron chi connectivity index (χ0n) is 17.9. The maximum Gasteiger partial charge on any atom is 0.295 e. The van der Waals surface area contributed by atoms with Crippen molar-refractivity contribution in [1.82, 2.24) is 14.2 Å². The van der Waals surface area contributed by atoms with E-state index in [0.717, 1.165) is 14.7 Å². The Labute approximate surface area is 195 Å². The Morgan fingerprint density at radius 1 is 1.12 bits per heavy atom. The van der Waals surface area contributed by atoms with Gasteiger partial charge in [-0.1, -0.05) is 12.1 Å². The molecule has 3 aromatic rings. The van der Waals surface area contributed by atoms with Crippen molar-refractivity contribution < 1.29 is 23.1 Å². The number of sulfonamides is 1. The highest BCUT2D eigenvalue weighted by Gasteiger charge is 2.46. The Kier molecular flexibility index (Phi) is 6.15. The van der Waals surface area contributed by atoms with E-state index in [1.54, 1.807) is 24.5 Å². The zero-order valence-corrected chi connectivity index (χ0v) is 19.5. The van der Waals surface area contributed by atoms with E-state index in [-0.39, 0.29) is 28.3 Å². The summed E-state index contributed by atoms with van der Waals surface area (Å²) in [6, 6.07) is 12.0. The lowest BCUT2D eigenvalue weighted by atomic mass is 10.00. The summed E-state index contributed by atoms with van der Waals surface area (Å²) in [4.78, 5) is 32.2. The molecule has 4 rings (SSSR count). The second-order valence-electron chi connectivity index (χ2n) is 7.62. The number of ketones is 1. The van der Waals surface area contributed by atoms with Crippen molar-refractivity contribution in [3.8, 4) is 0 Å². The smallest absolute Gasteiger partial charge is 0.295 e. The normalized spacial score (nSPS) is 18.3. The highest BCUT2D eigenvalue weighted by molar-refractivity contribution is 7.89. The van der Waals surface area contributed by atoms with Crippen LogP contribution in [0.15, 0.2) is 76.8 Å². The summed E-state index contributed by atoms with van der Waals surface area (Å²) in [5.74, 6) is -1.86. The first-order valence-corrected chi connectivity index (χ1v) is 12.3. The van der Waals surface area contributed by atoms with Crippen LogP contribution in [0.5, 0.6) is 0 Å². The molecule has 0 aliphatic carbocycles. The monoisotopic (exact) mass is 483 g/mol. The summed E-state index contributed by atoms with van der Waals surface area (Å²) in [5, 5.41) is 12.9. The summed E-state index contributed by atoms with van der Waals surface area (Å²) in [7, 11) is -0.796. The molecule has 1 aliphatic heterocycles. The van der Waals surface area contributed by atoms with Gasteiger partial charge < -0.3 is 10.0 Å². The minimum Gasteiger partial charge on any atom is -0.507 e. The van der Waals surface area contributed by atoms with Gasteiger partial charge in [0, 0.05) is 43.5 Å². The molecule has 0 radical (unpaired) electrons. The van der Waals surface area contributed by atoms with Crippen molar-refractivity contribution in [2.24, 2.45) is 0 Å². The van der Waals surface area contributed by atoms with Gasteiger partial charge in [-0.2, -0.15) is 0 Å². The van der Waals surface area contributed by atoms with Gasteiger partial charge in [-0.15, -0.1) is 11.3 Å². The molecule has 0 bridgehead atoms. The van der Waals surface area contributed by atoms with Crippen LogP contribution in [0.25, 0.3) is 5.76 Å². The van der Waals surface area contributed by atoms with Crippen LogP contribution < -0.4 is 0 Å². The number of carbonyl (C=O) groups excluding carboxylic acids is 2. The van der Waals surface area contributed by atoms with Crippen molar-refractivity contribution in [2.45, 2.75) is 17.5 Å². The molecule has 3 heterocycles. The fraction of sp³-hybridized carbons (Fsp3) is 0.174. The molecule has 0 unspecified atom stereocenters. The molecule has 1 N–H and O–H groups in total. The topological polar surface area (TPSA) is 108 Å². The van der Waals surface area contributed by atoms with Gasteiger partial charge in [0.1, 0.15) is 5.76 Å². The standard InChI is InChI=1S/C23H21N3O5S2/c1-25(2)33(30,31)17-9-7-16(8-10-17)21(27)19-20(18-6-4-12-32-18)26(23(29)22(19)28)14-15-5-3-11-24-13-15/h3-13,20,27H,14H2,1-2H3/t20-/m0/s1. The number of hydrogen-bond donors (Lipinski definition) is 1. The van der Waals surface area contributed by atoms with E-state index in [4.69, 9.17) is 0 Å². The first-order valence-electron chi connectivity index (χ1n) is 9.95. The lowest BCUT2D eigenvalue weighted by Gasteiger charge is -2.24.